The van der Waals surface area contributed by atoms with Crippen molar-refractivity contribution >= 4 is 17.3 Å². The lowest BCUT2D eigenvalue weighted by Crippen LogP contribution is -2.07. The van der Waals surface area contributed by atoms with Crippen molar-refractivity contribution < 1.29 is 9.53 Å². The molecule has 0 radical (unpaired) electrons. The molecule has 1 amide bonds. The van der Waals surface area contributed by atoms with Crippen molar-refractivity contribution in [1.82, 2.24) is 0 Å². The first kappa shape index (κ1) is 15.1. The fraction of sp³-hybridized carbons (Fsp3) is 0.235. The molecule has 0 aliphatic rings. The molecule has 0 saturated carbocycles. The molecule has 0 aliphatic heterocycles. The zero-order valence-electron chi connectivity index (χ0n) is 12.3. The molecule has 0 aromatic heterocycles. The summed E-state index contributed by atoms with van der Waals surface area (Å²) in [6.07, 6.45) is 0. The highest BCUT2D eigenvalue weighted by molar-refractivity contribution is 5.89. The summed E-state index contributed by atoms with van der Waals surface area (Å²) < 4.78 is 5.21. The molecule has 2 aromatic rings. The average molecular weight is 284 g/mol. The van der Waals surface area contributed by atoms with E-state index in [9.17, 15) is 4.79 Å². The number of hydrogen-bond donors (Lipinski definition) is 2. The monoisotopic (exact) mass is 284 g/mol. The van der Waals surface area contributed by atoms with Crippen LogP contribution in [0.2, 0.25) is 0 Å². The SMILES string of the molecule is COCc1ccccc1CNc1cccc(NC(C)=O)c1. The van der Waals surface area contributed by atoms with Gasteiger partial charge in [-0.3, -0.25) is 4.79 Å². The quantitative estimate of drug-likeness (QED) is 0.854. The molecule has 0 atom stereocenters. The third kappa shape index (κ3) is 4.61. The van der Waals surface area contributed by atoms with Gasteiger partial charge in [0.2, 0.25) is 5.91 Å². The van der Waals surface area contributed by atoms with Gasteiger partial charge in [-0.15, -0.1) is 0 Å². The topological polar surface area (TPSA) is 50.4 Å². The summed E-state index contributed by atoms with van der Waals surface area (Å²) in [6.45, 7) is 2.81. The minimum Gasteiger partial charge on any atom is -0.381 e. The second kappa shape index (κ2) is 7.45. The minimum atomic E-state index is -0.0717. The van der Waals surface area contributed by atoms with Gasteiger partial charge in [0, 0.05) is 32.0 Å². The Morgan fingerprint density at radius 2 is 1.76 bits per heavy atom. The molecule has 4 nitrogen and oxygen atoms in total. The number of benzene rings is 2. The summed E-state index contributed by atoms with van der Waals surface area (Å²) in [5.74, 6) is -0.0717. The van der Waals surface area contributed by atoms with Gasteiger partial charge in [0.15, 0.2) is 0 Å². The molecule has 0 aliphatic carbocycles. The van der Waals surface area contributed by atoms with Gasteiger partial charge in [0.05, 0.1) is 6.61 Å². The van der Waals surface area contributed by atoms with Crippen molar-refractivity contribution in [3.05, 3.63) is 59.7 Å². The van der Waals surface area contributed by atoms with Crippen LogP contribution in [0.5, 0.6) is 0 Å². The Hall–Kier alpha value is -2.33. The standard InChI is InChI=1S/C17H20N2O2/c1-13(20)19-17-9-5-8-16(10-17)18-11-14-6-3-4-7-15(14)12-21-2/h3-10,18H,11-12H2,1-2H3,(H,19,20). The van der Waals surface area contributed by atoms with E-state index in [1.807, 2.05) is 36.4 Å². The second-order valence-corrected chi connectivity index (χ2v) is 4.82. The zero-order chi connectivity index (χ0) is 15.1. The number of amides is 1. The van der Waals surface area contributed by atoms with Crippen molar-refractivity contribution in [1.29, 1.82) is 0 Å². The highest BCUT2D eigenvalue weighted by Gasteiger charge is 2.02. The Balaban J connectivity index is 2.04. The summed E-state index contributed by atoms with van der Waals surface area (Å²) in [6, 6.07) is 15.8. The van der Waals surface area contributed by atoms with Gasteiger partial charge < -0.3 is 15.4 Å². The largest absolute Gasteiger partial charge is 0.381 e. The molecule has 21 heavy (non-hydrogen) atoms. The van der Waals surface area contributed by atoms with E-state index in [-0.39, 0.29) is 5.91 Å². The molecular formula is C17H20N2O2. The third-order valence-corrected chi connectivity index (χ3v) is 3.08. The van der Waals surface area contributed by atoms with Crippen LogP contribution < -0.4 is 10.6 Å². The first-order valence-corrected chi connectivity index (χ1v) is 6.86. The number of ether oxygens (including phenoxy) is 1. The van der Waals surface area contributed by atoms with Crippen LogP contribution in [0.1, 0.15) is 18.1 Å². The fourth-order valence-corrected chi connectivity index (χ4v) is 2.13. The van der Waals surface area contributed by atoms with E-state index in [2.05, 4.69) is 22.8 Å². The van der Waals surface area contributed by atoms with Gasteiger partial charge >= 0.3 is 0 Å². The van der Waals surface area contributed by atoms with Gasteiger partial charge in [-0.1, -0.05) is 30.3 Å². The minimum absolute atomic E-state index is 0.0717. The molecule has 0 heterocycles. The molecule has 0 spiro atoms. The van der Waals surface area contributed by atoms with E-state index >= 15 is 0 Å². The maximum atomic E-state index is 11.1. The summed E-state index contributed by atoms with van der Waals surface area (Å²) in [5.41, 5.74) is 4.13. The number of rotatable bonds is 6. The Kier molecular flexibility index (Phi) is 5.35. The van der Waals surface area contributed by atoms with Crippen molar-refractivity contribution in [2.24, 2.45) is 0 Å². The van der Waals surface area contributed by atoms with Crippen LogP contribution in [0.25, 0.3) is 0 Å². The summed E-state index contributed by atoms with van der Waals surface area (Å²) >= 11 is 0. The normalized spacial score (nSPS) is 10.2. The lowest BCUT2D eigenvalue weighted by Gasteiger charge is -2.12. The van der Waals surface area contributed by atoms with E-state index in [0.717, 1.165) is 11.4 Å². The van der Waals surface area contributed by atoms with Crippen molar-refractivity contribution in [2.75, 3.05) is 17.7 Å². The summed E-state index contributed by atoms with van der Waals surface area (Å²) in [4.78, 5) is 11.1. The number of hydrogen-bond acceptors (Lipinski definition) is 3. The lowest BCUT2D eigenvalue weighted by molar-refractivity contribution is -0.114. The van der Waals surface area contributed by atoms with Crippen LogP contribution in [0.15, 0.2) is 48.5 Å². The Bertz CT molecular complexity index is 611. The van der Waals surface area contributed by atoms with E-state index in [4.69, 9.17) is 4.74 Å². The Labute approximate surface area is 125 Å². The molecule has 2 rings (SSSR count). The molecule has 0 bridgehead atoms. The number of anilines is 2. The smallest absolute Gasteiger partial charge is 0.221 e. The maximum absolute atomic E-state index is 11.1. The first-order valence-electron chi connectivity index (χ1n) is 6.86. The predicted octanol–water partition coefficient (Wildman–Crippen LogP) is 3.40. The molecule has 0 saturated heterocycles. The van der Waals surface area contributed by atoms with E-state index in [1.54, 1.807) is 7.11 Å². The van der Waals surface area contributed by atoms with Crippen LogP contribution in [0.3, 0.4) is 0 Å². The Morgan fingerprint density at radius 1 is 1.05 bits per heavy atom. The van der Waals surface area contributed by atoms with Gasteiger partial charge in [-0.25, -0.2) is 0 Å². The van der Waals surface area contributed by atoms with E-state index < -0.39 is 0 Å². The van der Waals surface area contributed by atoms with E-state index in [1.165, 1.54) is 18.1 Å². The molecule has 0 unspecified atom stereocenters. The molecule has 110 valence electrons. The van der Waals surface area contributed by atoms with Crippen molar-refractivity contribution in [3.8, 4) is 0 Å². The van der Waals surface area contributed by atoms with Crippen LogP contribution in [-0.2, 0) is 22.7 Å². The Morgan fingerprint density at radius 3 is 2.48 bits per heavy atom. The number of methoxy groups -OCH3 is 1. The maximum Gasteiger partial charge on any atom is 0.221 e. The van der Waals surface area contributed by atoms with Gasteiger partial charge in [-0.2, -0.15) is 0 Å². The zero-order valence-corrected chi connectivity index (χ0v) is 12.3. The predicted molar refractivity (Wildman–Crippen MR) is 85.2 cm³/mol. The number of carbonyl (C=O) groups is 1. The van der Waals surface area contributed by atoms with Gasteiger partial charge in [0.1, 0.15) is 0 Å². The van der Waals surface area contributed by atoms with Crippen LogP contribution >= 0.6 is 0 Å². The van der Waals surface area contributed by atoms with E-state index in [0.29, 0.717) is 13.2 Å². The van der Waals surface area contributed by atoms with Crippen LogP contribution in [-0.4, -0.2) is 13.0 Å². The molecular weight excluding hydrogens is 264 g/mol. The molecule has 0 fully saturated rings. The average Bonchev–Trinajstić information content (AvgIpc) is 2.46. The number of nitrogens with one attached hydrogen (secondary N) is 2. The summed E-state index contributed by atoms with van der Waals surface area (Å²) in [5, 5.41) is 6.14. The molecule has 2 N–H and O–H groups in total. The molecule has 2 aromatic carbocycles. The fourth-order valence-electron chi connectivity index (χ4n) is 2.13. The van der Waals surface area contributed by atoms with Gasteiger partial charge in [-0.05, 0) is 29.3 Å². The summed E-state index contributed by atoms with van der Waals surface area (Å²) in [7, 11) is 1.70. The highest BCUT2D eigenvalue weighted by atomic mass is 16.5. The lowest BCUT2D eigenvalue weighted by atomic mass is 10.1. The van der Waals surface area contributed by atoms with Crippen molar-refractivity contribution in [3.63, 3.8) is 0 Å². The number of carbonyl (C=O) groups excluding carboxylic acids is 1. The van der Waals surface area contributed by atoms with Crippen molar-refractivity contribution in [2.45, 2.75) is 20.1 Å². The molecule has 4 heteroatoms. The third-order valence-electron chi connectivity index (χ3n) is 3.08. The van der Waals surface area contributed by atoms with Crippen LogP contribution in [0, 0.1) is 0 Å². The second-order valence-electron chi connectivity index (χ2n) is 4.82. The van der Waals surface area contributed by atoms with Gasteiger partial charge in [0.25, 0.3) is 0 Å². The first-order chi connectivity index (χ1) is 10.2. The van der Waals surface area contributed by atoms with Crippen LogP contribution in [0.4, 0.5) is 11.4 Å². The highest BCUT2D eigenvalue weighted by Crippen LogP contribution is 2.17.